The Hall–Kier alpha value is -1.13. The van der Waals surface area contributed by atoms with Crippen LogP contribution in [0.4, 0.5) is 0 Å². The standard InChI is InChI=1S/C8H15NO4/c1-5(2)8(13-7(4)10)6(3)9(11)12/h5-6,8H,1-4H3. The number of rotatable bonds is 4. The van der Waals surface area contributed by atoms with E-state index in [9.17, 15) is 14.9 Å². The monoisotopic (exact) mass is 189 g/mol. The van der Waals surface area contributed by atoms with Gasteiger partial charge in [-0.05, 0) is 5.92 Å². The molecule has 0 aliphatic carbocycles. The van der Waals surface area contributed by atoms with Gasteiger partial charge >= 0.3 is 5.97 Å². The number of nitrogens with zero attached hydrogens (tertiary/aromatic N) is 1. The molecule has 0 spiro atoms. The quantitative estimate of drug-likeness (QED) is 0.379. The second kappa shape index (κ2) is 4.79. The van der Waals surface area contributed by atoms with E-state index in [1.54, 1.807) is 13.8 Å². The molecule has 0 amide bonds. The predicted octanol–water partition coefficient (Wildman–Crippen LogP) is 1.24. The maximum atomic E-state index is 10.6. The summed E-state index contributed by atoms with van der Waals surface area (Å²) in [5.74, 6) is -0.531. The normalized spacial score (nSPS) is 15.2. The van der Waals surface area contributed by atoms with Crippen molar-refractivity contribution >= 4 is 5.97 Å². The average Bonchev–Trinajstić information content (AvgIpc) is 1.97. The largest absolute Gasteiger partial charge is 0.455 e. The van der Waals surface area contributed by atoms with E-state index in [2.05, 4.69) is 0 Å². The fourth-order valence-corrected chi connectivity index (χ4v) is 1.10. The number of esters is 1. The molecule has 5 nitrogen and oxygen atoms in total. The Kier molecular flexibility index (Phi) is 4.37. The molecule has 0 aromatic carbocycles. The third-order valence-corrected chi connectivity index (χ3v) is 1.77. The van der Waals surface area contributed by atoms with Crippen molar-refractivity contribution < 1.29 is 14.5 Å². The van der Waals surface area contributed by atoms with Crippen LogP contribution in [-0.2, 0) is 9.53 Å². The second-order valence-electron chi connectivity index (χ2n) is 3.34. The minimum absolute atomic E-state index is 0.0516. The molecule has 0 saturated carbocycles. The van der Waals surface area contributed by atoms with Crippen molar-refractivity contribution in [3.05, 3.63) is 10.1 Å². The molecule has 2 atom stereocenters. The minimum atomic E-state index is -0.858. The molecule has 0 fully saturated rings. The van der Waals surface area contributed by atoms with Crippen LogP contribution in [0, 0.1) is 16.0 Å². The Morgan fingerprint density at radius 3 is 2.08 bits per heavy atom. The number of carbonyl (C=O) groups is 1. The van der Waals surface area contributed by atoms with Gasteiger partial charge in [-0.1, -0.05) is 13.8 Å². The summed E-state index contributed by atoms with van der Waals surface area (Å²) >= 11 is 0. The first-order valence-corrected chi connectivity index (χ1v) is 4.17. The molecule has 0 saturated heterocycles. The number of hydrogen-bond acceptors (Lipinski definition) is 4. The second-order valence-corrected chi connectivity index (χ2v) is 3.34. The van der Waals surface area contributed by atoms with E-state index in [1.165, 1.54) is 13.8 Å². The van der Waals surface area contributed by atoms with Crippen LogP contribution in [0.15, 0.2) is 0 Å². The van der Waals surface area contributed by atoms with Gasteiger partial charge in [0.15, 0.2) is 6.10 Å². The van der Waals surface area contributed by atoms with E-state index < -0.39 is 23.0 Å². The fraction of sp³-hybridized carbons (Fsp3) is 0.875. The van der Waals surface area contributed by atoms with E-state index in [4.69, 9.17) is 4.74 Å². The molecule has 0 aliphatic rings. The lowest BCUT2D eigenvalue weighted by atomic mass is 10.0. The Balaban J connectivity index is 4.41. The van der Waals surface area contributed by atoms with Crippen molar-refractivity contribution in [1.29, 1.82) is 0 Å². The van der Waals surface area contributed by atoms with Gasteiger partial charge in [0.05, 0.1) is 0 Å². The zero-order valence-corrected chi connectivity index (χ0v) is 8.31. The predicted molar refractivity (Wildman–Crippen MR) is 46.8 cm³/mol. The molecule has 0 aliphatic heterocycles. The third-order valence-electron chi connectivity index (χ3n) is 1.77. The highest BCUT2D eigenvalue weighted by molar-refractivity contribution is 5.66. The Labute approximate surface area is 77.2 Å². The lowest BCUT2D eigenvalue weighted by Crippen LogP contribution is -2.38. The topological polar surface area (TPSA) is 69.4 Å². The van der Waals surface area contributed by atoms with Gasteiger partial charge in [-0.15, -0.1) is 0 Å². The van der Waals surface area contributed by atoms with Gasteiger partial charge in [-0.2, -0.15) is 0 Å². The Morgan fingerprint density at radius 1 is 1.38 bits per heavy atom. The van der Waals surface area contributed by atoms with Crippen molar-refractivity contribution in [3.8, 4) is 0 Å². The van der Waals surface area contributed by atoms with Crippen molar-refractivity contribution in [1.82, 2.24) is 0 Å². The molecule has 0 radical (unpaired) electrons. The molecule has 0 heterocycles. The molecule has 0 aromatic heterocycles. The van der Waals surface area contributed by atoms with E-state index in [1.807, 2.05) is 0 Å². The summed E-state index contributed by atoms with van der Waals surface area (Å²) in [5.41, 5.74) is 0. The van der Waals surface area contributed by atoms with Crippen LogP contribution in [0.25, 0.3) is 0 Å². The van der Waals surface area contributed by atoms with Crippen LogP contribution in [0.5, 0.6) is 0 Å². The molecule has 0 bridgehead atoms. The zero-order valence-electron chi connectivity index (χ0n) is 8.31. The first kappa shape index (κ1) is 11.9. The number of hydrogen-bond donors (Lipinski definition) is 0. The fourth-order valence-electron chi connectivity index (χ4n) is 1.10. The SMILES string of the molecule is CC(=O)OC(C(C)C)C(C)[N+](=O)[O-]. The van der Waals surface area contributed by atoms with E-state index in [0.29, 0.717) is 0 Å². The Bertz CT molecular complexity index is 202. The van der Waals surface area contributed by atoms with Crippen LogP contribution in [0.1, 0.15) is 27.7 Å². The van der Waals surface area contributed by atoms with E-state index in [0.717, 1.165) is 0 Å². The molecule has 13 heavy (non-hydrogen) atoms. The summed E-state index contributed by atoms with van der Waals surface area (Å²) < 4.78 is 4.85. The summed E-state index contributed by atoms with van der Waals surface area (Å²) in [5, 5.41) is 10.4. The summed E-state index contributed by atoms with van der Waals surface area (Å²) in [6, 6.07) is -0.858. The molecule has 0 aromatic rings. The van der Waals surface area contributed by atoms with E-state index in [-0.39, 0.29) is 5.92 Å². The first-order chi connectivity index (χ1) is 5.86. The molecule has 5 heteroatoms. The van der Waals surface area contributed by atoms with Gasteiger partial charge in [0.25, 0.3) is 0 Å². The van der Waals surface area contributed by atoms with Gasteiger partial charge in [-0.25, -0.2) is 0 Å². The van der Waals surface area contributed by atoms with Crippen LogP contribution < -0.4 is 0 Å². The maximum absolute atomic E-state index is 10.6. The van der Waals surface area contributed by atoms with Gasteiger partial charge in [-0.3, -0.25) is 14.9 Å². The average molecular weight is 189 g/mol. The van der Waals surface area contributed by atoms with Crippen molar-refractivity contribution in [2.75, 3.05) is 0 Å². The maximum Gasteiger partial charge on any atom is 0.303 e. The number of carbonyl (C=O) groups excluding carboxylic acids is 1. The summed E-state index contributed by atoms with van der Waals surface area (Å²) in [6.45, 7) is 6.26. The van der Waals surface area contributed by atoms with Gasteiger partial charge in [0.2, 0.25) is 6.04 Å². The number of nitro groups is 1. The molecule has 0 N–H and O–H groups in total. The van der Waals surface area contributed by atoms with Crippen molar-refractivity contribution in [2.45, 2.75) is 39.8 Å². The molecule has 2 unspecified atom stereocenters. The lowest BCUT2D eigenvalue weighted by Gasteiger charge is -2.21. The van der Waals surface area contributed by atoms with Gasteiger partial charge in [0.1, 0.15) is 0 Å². The first-order valence-electron chi connectivity index (χ1n) is 4.17. The van der Waals surface area contributed by atoms with Gasteiger partial charge in [0, 0.05) is 18.8 Å². The summed E-state index contributed by atoms with van der Waals surface area (Å²) in [6.07, 6.45) is -0.646. The smallest absolute Gasteiger partial charge is 0.303 e. The van der Waals surface area contributed by atoms with Crippen molar-refractivity contribution in [2.24, 2.45) is 5.92 Å². The molecular weight excluding hydrogens is 174 g/mol. The summed E-state index contributed by atoms with van der Waals surface area (Å²) in [7, 11) is 0. The highest BCUT2D eigenvalue weighted by Crippen LogP contribution is 2.13. The molecular formula is C8H15NO4. The number of ether oxygens (including phenoxy) is 1. The van der Waals surface area contributed by atoms with Crippen LogP contribution in [-0.4, -0.2) is 23.0 Å². The van der Waals surface area contributed by atoms with Crippen LogP contribution >= 0.6 is 0 Å². The Morgan fingerprint density at radius 2 is 1.85 bits per heavy atom. The molecule has 76 valence electrons. The van der Waals surface area contributed by atoms with E-state index >= 15 is 0 Å². The highest BCUT2D eigenvalue weighted by atomic mass is 16.6. The minimum Gasteiger partial charge on any atom is -0.455 e. The van der Waals surface area contributed by atoms with Crippen molar-refractivity contribution in [3.63, 3.8) is 0 Å². The summed E-state index contributed by atoms with van der Waals surface area (Å²) in [4.78, 5) is 20.6. The highest BCUT2D eigenvalue weighted by Gasteiger charge is 2.31. The van der Waals surface area contributed by atoms with Crippen LogP contribution in [0.3, 0.4) is 0 Å². The van der Waals surface area contributed by atoms with Crippen LogP contribution in [0.2, 0.25) is 0 Å². The zero-order chi connectivity index (χ0) is 10.6. The molecule has 0 rings (SSSR count). The van der Waals surface area contributed by atoms with Gasteiger partial charge < -0.3 is 4.74 Å². The third kappa shape index (κ3) is 3.87. The lowest BCUT2D eigenvalue weighted by molar-refractivity contribution is -0.531.